The van der Waals surface area contributed by atoms with Gasteiger partial charge in [0.15, 0.2) is 0 Å². The lowest BCUT2D eigenvalue weighted by atomic mass is 9.97. The van der Waals surface area contributed by atoms with Gasteiger partial charge in [-0.2, -0.15) is 0 Å². The minimum absolute atomic E-state index is 0.253. The lowest BCUT2D eigenvalue weighted by Crippen LogP contribution is -2.30. The molecule has 94 valence electrons. The van der Waals surface area contributed by atoms with E-state index in [1.165, 1.54) is 30.8 Å². The first kappa shape index (κ1) is 11.2. The van der Waals surface area contributed by atoms with E-state index in [2.05, 4.69) is 14.9 Å². The van der Waals surface area contributed by atoms with Gasteiger partial charge in [0.05, 0.1) is 12.6 Å². The zero-order chi connectivity index (χ0) is 11.7. The Labute approximate surface area is 102 Å². The van der Waals surface area contributed by atoms with Gasteiger partial charge in [-0.15, -0.1) is 0 Å². The largest absolute Gasteiger partial charge is 0.396 e. The highest BCUT2D eigenvalue weighted by Crippen LogP contribution is 2.31. The fourth-order valence-corrected chi connectivity index (χ4v) is 3.15. The van der Waals surface area contributed by atoms with Gasteiger partial charge in [0.1, 0.15) is 5.82 Å². The number of imidazole rings is 1. The summed E-state index contributed by atoms with van der Waals surface area (Å²) in [5.41, 5.74) is 1.24. The van der Waals surface area contributed by atoms with Crippen LogP contribution in [0.4, 0.5) is 0 Å². The molecule has 2 N–H and O–H groups in total. The van der Waals surface area contributed by atoms with Crippen LogP contribution >= 0.6 is 0 Å². The van der Waals surface area contributed by atoms with Gasteiger partial charge in [-0.3, -0.25) is 0 Å². The summed E-state index contributed by atoms with van der Waals surface area (Å²) in [4.78, 5) is 4.61. The zero-order valence-electron chi connectivity index (χ0n) is 10.2. The van der Waals surface area contributed by atoms with Gasteiger partial charge >= 0.3 is 0 Å². The molecular weight excluding hydrogens is 214 g/mol. The third-order valence-corrected chi connectivity index (χ3v) is 4.11. The standard InChI is InChI=1S/C13H21N3O/c17-9-10-4-3-7-16-12(10)8-15-13(16)11-5-1-2-6-14-11/h8,10-11,14,17H,1-7,9H2. The topological polar surface area (TPSA) is 50.1 Å². The monoisotopic (exact) mass is 235 g/mol. The molecule has 2 aliphatic heterocycles. The average Bonchev–Trinajstić information content (AvgIpc) is 2.83. The van der Waals surface area contributed by atoms with Crippen molar-refractivity contribution in [3.05, 3.63) is 17.7 Å². The van der Waals surface area contributed by atoms with Gasteiger partial charge < -0.3 is 15.0 Å². The number of hydrogen-bond donors (Lipinski definition) is 2. The summed E-state index contributed by atoms with van der Waals surface area (Å²) in [5.74, 6) is 1.49. The number of nitrogens with zero attached hydrogens (tertiary/aromatic N) is 2. The minimum atomic E-state index is 0.253. The van der Waals surface area contributed by atoms with E-state index in [0.717, 1.165) is 25.9 Å². The molecule has 0 aromatic carbocycles. The maximum atomic E-state index is 9.40. The van der Waals surface area contributed by atoms with E-state index in [9.17, 15) is 5.11 Å². The Morgan fingerprint density at radius 1 is 1.35 bits per heavy atom. The molecule has 2 atom stereocenters. The van der Waals surface area contributed by atoms with Crippen LogP contribution in [0.1, 0.15) is 55.6 Å². The Morgan fingerprint density at radius 3 is 3.06 bits per heavy atom. The Bertz CT molecular complexity index is 382. The highest BCUT2D eigenvalue weighted by atomic mass is 16.3. The van der Waals surface area contributed by atoms with Crippen molar-refractivity contribution in [3.8, 4) is 0 Å². The maximum Gasteiger partial charge on any atom is 0.126 e. The Kier molecular flexibility index (Phi) is 3.16. The Balaban J connectivity index is 1.88. The summed E-state index contributed by atoms with van der Waals surface area (Å²) < 4.78 is 2.34. The van der Waals surface area contributed by atoms with E-state index in [-0.39, 0.29) is 6.61 Å². The molecule has 4 nitrogen and oxygen atoms in total. The first-order chi connectivity index (χ1) is 8.40. The predicted molar refractivity (Wildman–Crippen MR) is 65.9 cm³/mol. The fourth-order valence-electron chi connectivity index (χ4n) is 3.15. The molecule has 0 spiro atoms. The van der Waals surface area contributed by atoms with Crippen LogP contribution in [0.25, 0.3) is 0 Å². The van der Waals surface area contributed by atoms with Crippen LogP contribution in [0, 0.1) is 0 Å². The molecule has 1 aromatic rings. The van der Waals surface area contributed by atoms with E-state index >= 15 is 0 Å². The first-order valence-corrected chi connectivity index (χ1v) is 6.79. The lowest BCUT2D eigenvalue weighted by molar-refractivity contribution is 0.239. The normalized spacial score (nSPS) is 29.0. The predicted octanol–water partition coefficient (Wildman–Crippen LogP) is 1.57. The molecule has 0 amide bonds. The van der Waals surface area contributed by atoms with Crippen LogP contribution in [-0.4, -0.2) is 27.8 Å². The van der Waals surface area contributed by atoms with Gasteiger partial charge in [-0.1, -0.05) is 6.42 Å². The van der Waals surface area contributed by atoms with E-state index in [1.807, 2.05) is 6.20 Å². The first-order valence-electron chi connectivity index (χ1n) is 6.79. The molecule has 3 heterocycles. The van der Waals surface area contributed by atoms with Crippen LogP contribution in [-0.2, 0) is 6.54 Å². The number of rotatable bonds is 2. The van der Waals surface area contributed by atoms with Crippen molar-refractivity contribution in [2.45, 2.75) is 50.6 Å². The summed E-state index contributed by atoms with van der Waals surface area (Å²) in [5, 5.41) is 13.0. The van der Waals surface area contributed by atoms with Crippen LogP contribution in [0.15, 0.2) is 6.20 Å². The molecular formula is C13H21N3O. The highest BCUT2D eigenvalue weighted by Gasteiger charge is 2.26. The maximum absolute atomic E-state index is 9.40. The van der Waals surface area contributed by atoms with Crippen LogP contribution in [0.2, 0.25) is 0 Å². The summed E-state index contributed by atoms with van der Waals surface area (Å²) >= 11 is 0. The number of hydrogen-bond acceptors (Lipinski definition) is 3. The number of piperidine rings is 1. The molecule has 1 aromatic heterocycles. The Morgan fingerprint density at radius 2 is 2.29 bits per heavy atom. The molecule has 3 rings (SSSR count). The van der Waals surface area contributed by atoms with Crippen molar-refractivity contribution >= 4 is 0 Å². The molecule has 0 aliphatic carbocycles. The average molecular weight is 235 g/mol. The summed E-state index contributed by atoms with van der Waals surface area (Å²) in [7, 11) is 0. The molecule has 0 radical (unpaired) electrons. The molecule has 1 saturated heterocycles. The molecule has 4 heteroatoms. The Hall–Kier alpha value is -0.870. The van der Waals surface area contributed by atoms with Gasteiger partial charge in [0.2, 0.25) is 0 Å². The van der Waals surface area contributed by atoms with Crippen molar-refractivity contribution in [2.24, 2.45) is 0 Å². The minimum Gasteiger partial charge on any atom is -0.396 e. The number of aliphatic hydroxyl groups is 1. The van der Waals surface area contributed by atoms with Crippen LogP contribution in [0.5, 0.6) is 0 Å². The van der Waals surface area contributed by atoms with Gasteiger partial charge in [0, 0.05) is 24.4 Å². The third kappa shape index (κ3) is 2.00. The van der Waals surface area contributed by atoms with Gasteiger partial charge in [-0.05, 0) is 32.2 Å². The van der Waals surface area contributed by atoms with Gasteiger partial charge in [0.25, 0.3) is 0 Å². The number of fused-ring (bicyclic) bond motifs is 1. The molecule has 0 saturated carbocycles. The second-order valence-corrected chi connectivity index (χ2v) is 5.22. The van der Waals surface area contributed by atoms with E-state index < -0.39 is 0 Å². The van der Waals surface area contributed by atoms with E-state index in [1.54, 1.807) is 0 Å². The molecule has 2 unspecified atom stereocenters. The van der Waals surface area contributed by atoms with Crippen molar-refractivity contribution in [1.29, 1.82) is 0 Å². The SMILES string of the molecule is OCC1CCCn2c1cnc2C1CCCCN1. The molecule has 1 fully saturated rings. The fraction of sp³-hybridized carbons (Fsp3) is 0.769. The smallest absolute Gasteiger partial charge is 0.126 e. The quantitative estimate of drug-likeness (QED) is 0.818. The van der Waals surface area contributed by atoms with Crippen molar-refractivity contribution in [3.63, 3.8) is 0 Å². The van der Waals surface area contributed by atoms with Crippen LogP contribution < -0.4 is 5.32 Å². The molecule has 2 aliphatic rings. The number of aromatic nitrogens is 2. The summed E-state index contributed by atoms with van der Waals surface area (Å²) in [6, 6.07) is 0.426. The van der Waals surface area contributed by atoms with Gasteiger partial charge in [-0.25, -0.2) is 4.98 Å². The summed E-state index contributed by atoms with van der Waals surface area (Å²) in [6.07, 6.45) is 8.01. The number of aliphatic hydroxyl groups excluding tert-OH is 1. The van der Waals surface area contributed by atoms with E-state index in [4.69, 9.17) is 0 Å². The second-order valence-electron chi connectivity index (χ2n) is 5.22. The zero-order valence-corrected chi connectivity index (χ0v) is 10.2. The number of nitrogens with one attached hydrogen (secondary N) is 1. The van der Waals surface area contributed by atoms with Crippen molar-refractivity contribution in [2.75, 3.05) is 13.2 Å². The van der Waals surface area contributed by atoms with Crippen molar-refractivity contribution in [1.82, 2.24) is 14.9 Å². The third-order valence-electron chi connectivity index (χ3n) is 4.11. The highest BCUT2D eigenvalue weighted by molar-refractivity contribution is 5.16. The van der Waals surface area contributed by atoms with E-state index in [0.29, 0.717) is 12.0 Å². The lowest BCUT2D eigenvalue weighted by Gasteiger charge is -2.28. The summed E-state index contributed by atoms with van der Waals surface area (Å²) in [6.45, 7) is 2.43. The van der Waals surface area contributed by atoms with Crippen LogP contribution in [0.3, 0.4) is 0 Å². The second kappa shape index (κ2) is 4.78. The molecule has 17 heavy (non-hydrogen) atoms. The molecule has 0 bridgehead atoms. The van der Waals surface area contributed by atoms with Crippen molar-refractivity contribution < 1.29 is 5.11 Å².